The second-order valence-electron chi connectivity index (χ2n) is 5.41. The molecule has 0 saturated heterocycles. The number of carbonyl (C=O) groups excluding carboxylic acids is 1. The van der Waals surface area contributed by atoms with Crippen molar-refractivity contribution in [1.29, 1.82) is 0 Å². The summed E-state index contributed by atoms with van der Waals surface area (Å²) in [5.74, 6) is 0.292. The van der Waals surface area contributed by atoms with Gasteiger partial charge in [-0.1, -0.05) is 13.8 Å². The van der Waals surface area contributed by atoms with E-state index in [9.17, 15) is 9.59 Å². The topological polar surface area (TPSA) is 72.2 Å². The van der Waals surface area contributed by atoms with Crippen LogP contribution in [0.15, 0.2) is 18.2 Å². The Hall–Kier alpha value is -2.17. The molecule has 1 heterocycles. The number of carbonyl (C=O) groups is 2. The number of fused-ring (bicyclic) bond motifs is 1. The summed E-state index contributed by atoms with van der Waals surface area (Å²) in [6.07, 6.45) is 3.03. The summed E-state index contributed by atoms with van der Waals surface area (Å²) in [6, 6.07) is 5.60. The summed E-state index contributed by atoms with van der Waals surface area (Å²) in [5, 5.41) is 8.79. The molecule has 0 unspecified atom stereocenters. The first kappa shape index (κ1) is 16.2. The van der Waals surface area contributed by atoms with E-state index < -0.39 is 5.97 Å². The normalized spacial score (nSPS) is 11.0. The van der Waals surface area contributed by atoms with Gasteiger partial charge < -0.3 is 9.67 Å². The molecule has 2 aromatic rings. The van der Waals surface area contributed by atoms with Crippen LogP contribution in [0.3, 0.4) is 0 Å². The Bertz CT molecular complexity index is 689. The SMILES string of the molecule is CCCc1nc2cc(C(=O)CC)ccc2n1CCCC(=O)O. The average molecular weight is 302 g/mol. The molecule has 0 bridgehead atoms. The number of imidazole rings is 1. The van der Waals surface area contributed by atoms with Gasteiger partial charge >= 0.3 is 5.97 Å². The third kappa shape index (κ3) is 3.53. The largest absolute Gasteiger partial charge is 0.481 e. The summed E-state index contributed by atoms with van der Waals surface area (Å²) < 4.78 is 2.09. The first-order valence-corrected chi connectivity index (χ1v) is 7.81. The first-order chi connectivity index (χ1) is 10.6. The zero-order chi connectivity index (χ0) is 16.1. The molecule has 0 radical (unpaired) electrons. The van der Waals surface area contributed by atoms with Gasteiger partial charge in [0.25, 0.3) is 0 Å². The predicted molar refractivity (Wildman–Crippen MR) is 85.2 cm³/mol. The number of aryl methyl sites for hydroxylation is 2. The van der Waals surface area contributed by atoms with Crippen molar-refractivity contribution in [2.24, 2.45) is 0 Å². The molecule has 1 aromatic heterocycles. The molecule has 0 spiro atoms. The van der Waals surface area contributed by atoms with Crippen LogP contribution in [-0.4, -0.2) is 26.4 Å². The van der Waals surface area contributed by atoms with E-state index in [4.69, 9.17) is 5.11 Å². The summed E-state index contributed by atoms with van der Waals surface area (Å²) in [5.41, 5.74) is 2.48. The quantitative estimate of drug-likeness (QED) is 0.758. The van der Waals surface area contributed by atoms with Gasteiger partial charge in [0.2, 0.25) is 0 Å². The highest BCUT2D eigenvalue weighted by Crippen LogP contribution is 2.20. The standard InChI is InChI=1S/C17H22N2O3/c1-3-6-16-18-13-11-12(15(20)4-2)8-9-14(13)19(16)10-5-7-17(21)22/h8-9,11H,3-7,10H2,1-2H3,(H,21,22). The average Bonchev–Trinajstić information content (AvgIpc) is 2.83. The maximum Gasteiger partial charge on any atom is 0.303 e. The number of hydrogen-bond donors (Lipinski definition) is 1. The molecule has 0 fully saturated rings. The van der Waals surface area contributed by atoms with Crippen LogP contribution in [0.5, 0.6) is 0 Å². The Labute approximate surface area is 130 Å². The van der Waals surface area contributed by atoms with E-state index in [1.54, 1.807) is 0 Å². The van der Waals surface area contributed by atoms with Crippen LogP contribution < -0.4 is 0 Å². The summed E-state index contributed by atoms with van der Waals surface area (Å²) in [6.45, 7) is 4.58. The molecular formula is C17H22N2O3. The minimum atomic E-state index is -0.780. The fraction of sp³-hybridized carbons (Fsp3) is 0.471. The van der Waals surface area contributed by atoms with E-state index in [1.165, 1.54) is 0 Å². The second kappa shape index (κ2) is 7.20. The number of ketones is 1. The number of benzene rings is 1. The van der Waals surface area contributed by atoms with Crippen LogP contribution in [0.1, 0.15) is 55.7 Å². The zero-order valence-corrected chi connectivity index (χ0v) is 13.1. The van der Waals surface area contributed by atoms with E-state index in [0.29, 0.717) is 24.9 Å². The number of hydrogen-bond acceptors (Lipinski definition) is 3. The van der Waals surface area contributed by atoms with Crippen LogP contribution >= 0.6 is 0 Å². The Morgan fingerprint density at radius 3 is 2.68 bits per heavy atom. The molecule has 0 aliphatic carbocycles. The van der Waals surface area contributed by atoms with Crippen LogP contribution in [0, 0.1) is 0 Å². The number of Topliss-reactive ketones (excluding diaryl/α,β-unsaturated/α-hetero) is 1. The number of aromatic nitrogens is 2. The van der Waals surface area contributed by atoms with Crippen LogP contribution in [0.4, 0.5) is 0 Å². The highest BCUT2D eigenvalue weighted by Gasteiger charge is 2.13. The fourth-order valence-corrected chi connectivity index (χ4v) is 2.61. The number of carboxylic acids is 1. The second-order valence-corrected chi connectivity index (χ2v) is 5.41. The highest BCUT2D eigenvalue weighted by atomic mass is 16.4. The van der Waals surface area contributed by atoms with Crippen LogP contribution in [0.25, 0.3) is 11.0 Å². The van der Waals surface area contributed by atoms with Gasteiger partial charge in [0.15, 0.2) is 5.78 Å². The van der Waals surface area contributed by atoms with Gasteiger partial charge in [0.05, 0.1) is 11.0 Å². The van der Waals surface area contributed by atoms with Crippen molar-refractivity contribution in [1.82, 2.24) is 9.55 Å². The molecule has 0 aliphatic heterocycles. The lowest BCUT2D eigenvalue weighted by Gasteiger charge is -2.08. The molecule has 0 atom stereocenters. The van der Waals surface area contributed by atoms with Gasteiger partial charge in [-0.2, -0.15) is 0 Å². The van der Waals surface area contributed by atoms with Crippen molar-refractivity contribution in [3.8, 4) is 0 Å². The van der Waals surface area contributed by atoms with E-state index >= 15 is 0 Å². The monoisotopic (exact) mass is 302 g/mol. The number of aliphatic carboxylic acids is 1. The van der Waals surface area contributed by atoms with Crippen molar-refractivity contribution in [2.45, 2.75) is 52.5 Å². The molecule has 2 rings (SSSR count). The number of rotatable bonds is 8. The third-order valence-electron chi connectivity index (χ3n) is 3.72. The lowest BCUT2D eigenvalue weighted by molar-refractivity contribution is -0.137. The van der Waals surface area contributed by atoms with Crippen molar-refractivity contribution in [3.05, 3.63) is 29.6 Å². The molecule has 0 aliphatic rings. The van der Waals surface area contributed by atoms with E-state index in [1.807, 2.05) is 25.1 Å². The van der Waals surface area contributed by atoms with Gasteiger partial charge in [-0.05, 0) is 31.0 Å². The van der Waals surface area contributed by atoms with Gasteiger partial charge in [0.1, 0.15) is 5.82 Å². The Balaban J connectivity index is 2.36. The molecule has 1 N–H and O–H groups in total. The van der Waals surface area contributed by atoms with E-state index in [0.717, 1.165) is 29.7 Å². The smallest absolute Gasteiger partial charge is 0.303 e. The molecule has 118 valence electrons. The minimum absolute atomic E-state index is 0.111. The molecule has 5 heteroatoms. The molecule has 5 nitrogen and oxygen atoms in total. The lowest BCUT2D eigenvalue weighted by Crippen LogP contribution is -2.06. The fourth-order valence-electron chi connectivity index (χ4n) is 2.61. The van der Waals surface area contributed by atoms with Gasteiger partial charge in [-0.3, -0.25) is 9.59 Å². The minimum Gasteiger partial charge on any atom is -0.481 e. The Morgan fingerprint density at radius 2 is 2.05 bits per heavy atom. The predicted octanol–water partition coefficient (Wildman–Crippen LogP) is 3.45. The highest BCUT2D eigenvalue weighted by molar-refractivity contribution is 5.98. The molecule has 1 aromatic carbocycles. The lowest BCUT2D eigenvalue weighted by atomic mass is 10.1. The summed E-state index contributed by atoms with van der Waals surface area (Å²) >= 11 is 0. The van der Waals surface area contributed by atoms with Crippen LogP contribution in [0.2, 0.25) is 0 Å². The van der Waals surface area contributed by atoms with Crippen molar-refractivity contribution < 1.29 is 14.7 Å². The summed E-state index contributed by atoms with van der Waals surface area (Å²) in [7, 11) is 0. The first-order valence-electron chi connectivity index (χ1n) is 7.81. The van der Waals surface area contributed by atoms with Crippen LogP contribution in [-0.2, 0) is 17.8 Å². The van der Waals surface area contributed by atoms with E-state index in [2.05, 4.69) is 16.5 Å². The van der Waals surface area contributed by atoms with Gasteiger partial charge in [0, 0.05) is 31.4 Å². The zero-order valence-electron chi connectivity index (χ0n) is 13.1. The molecule has 22 heavy (non-hydrogen) atoms. The Kier molecular flexibility index (Phi) is 5.31. The van der Waals surface area contributed by atoms with Crippen molar-refractivity contribution >= 4 is 22.8 Å². The molecule has 0 saturated carbocycles. The summed E-state index contributed by atoms with van der Waals surface area (Å²) in [4.78, 5) is 27.2. The van der Waals surface area contributed by atoms with E-state index in [-0.39, 0.29) is 12.2 Å². The maximum absolute atomic E-state index is 11.8. The number of carboxylic acid groups (broad SMARTS) is 1. The van der Waals surface area contributed by atoms with Gasteiger partial charge in [-0.15, -0.1) is 0 Å². The van der Waals surface area contributed by atoms with Gasteiger partial charge in [-0.25, -0.2) is 4.98 Å². The molecular weight excluding hydrogens is 280 g/mol. The van der Waals surface area contributed by atoms with Crippen molar-refractivity contribution in [2.75, 3.05) is 0 Å². The third-order valence-corrected chi connectivity index (χ3v) is 3.72. The molecule has 0 amide bonds. The van der Waals surface area contributed by atoms with Crippen molar-refractivity contribution in [3.63, 3.8) is 0 Å². The number of nitrogens with zero attached hydrogens (tertiary/aromatic N) is 2. The maximum atomic E-state index is 11.8. The Morgan fingerprint density at radius 1 is 1.27 bits per heavy atom.